The summed E-state index contributed by atoms with van der Waals surface area (Å²) in [6.07, 6.45) is 0. The predicted octanol–water partition coefficient (Wildman–Crippen LogP) is 3.50. The van der Waals surface area contributed by atoms with E-state index in [1.54, 1.807) is 12.1 Å². The fourth-order valence-corrected chi connectivity index (χ4v) is 3.14. The molecule has 1 heterocycles. The van der Waals surface area contributed by atoms with Crippen LogP contribution in [0.3, 0.4) is 0 Å². The molecule has 3 rings (SSSR count). The largest absolute Gasteiger partial charge is 0.494 e. The van der Waals surface area contributed by atoms with Gasteiger partial charge in [-0.1, -0.05) is 12.1 Å². The van der Waals surface area contributed by atoms with Crippen LogP contribution in [-0.4, -0.2) is 43.6 Å². The number of benzene rings is 2. The van der Waals surface area contributed by atoms with Gasteiger partial charge in [-0.3, -0.25) is 4.79 Å². The Labute approximate surface area is 147 Å². The van der Waals surface area contributed by atoms with Crippen LogP contribution in [0.15, 0.2) is 42.5 Å². The van der Waals surface area contributed by atoms with E-state index in [1.165, 1.54) is 6.07 Å². The van der Waals surface area contributed by atoms with Crippen LogP contribution in [0.2, 0.25) is 0 Å². The summed E-state index contributed by atoms with van der Waals surface area (Å²) in [4.78, 5) is 16.5. The van der Waals surface area contributed by atoms with E-state index >= 15 is 0 Å². The molecular weight excluding hydrogens is 319 g/mol. The molecule has 1 amide bonds. The number of carbonyl (C=O) groups excluding carboxylic acids is 1. The molecule has 0 unspecified atom stereocenters. The number of hydrogen-bond acceptors (Lipinski definition) is 3. The van der Waals surface area contributed by atoms with E-state index in [2.05, 4.69) is 0 Å². The van der Waals surface area contributed by atoms with Crippen molar-refractivity contribution in [3.05, 3.63) is 59.4 Å². The Hall–Kier alpha value is -2.56. The molecular formula is C20H23FN2O2. The number of aryl methyl sites for hydroxylation is 1. The van der Waals surface area contributed by atoms with Crippen LogP contribution >= 0.6 is 0 Å². The van der Waals surface area contributed by atoms with Gasteiger partial charge in [0.15, 0.2) is 0 Å². The summed E-state index contributed by atoms with van der Waals surface area (Å²) < 4.78 is 19.4. The molecule has 2 aromatic rings. The maximum absolute atomic E-state index is 13.9. The normalized spacial score (nSPS) is 14.5. The number of piperazine rings is 1. The van der Waals surface area contributed by atoms with Gasteiger partial charge in [0.2, 0.25) is 0 Å². The minimum absolute atomic E-state index is 0.0133. The van der Waals surface area contributed by atoms with Gasteiger partial charge in [-0.05, 0) is 49.7 Å². The van der Waals surface area contributed by atoms with Crippen LogP contribution in [0.4, 0.5) is 10.1 Å². The molecule has 0 radical (unpaired) electrons. The maximum atomic E-state index is 13.9. The summed E-state index contributed by atoms with van der Waals surface area (Å²) in [6.45, 7) is 6.90. The Morgan fingerprint density at radius 2 is 1.84 bits per heavy atom. The summed E-state index contributed by atoms with van der Waals surface area (Å²) >= 11 is 0. The van der Waals surface area contributed by atoms with Crippen molar-refractivity contribution in [1.29, 1.82) is 0 Å². The van der Waals surface area contributed by atoms with Crippen molar-refractivity contribution in [3.63, 3.8) is 0 Å². The van der Waals surface area contributed by atoms with Crippen LogP contribution < -0.4 is 9.64 Å². The maximum Gasteiger partial charge on any atom is 0.253 e. The van der Waals surface area contributed by atoms with E-state index in [0.717, 1.165) is 11.3 Å². The van der Waals surface area contributed by atoms with Crippen LogP contribution in [-0.2, 0) is 0 Å². The summed E-state index contributed by atoms with van der Waals surface area (Å²) in [5, 5.41) is 0. The lowest BCUT2D eigenvalue weighted by Gasteiger charge is -2.36. The van der Waals surface area contributed by atoms with Gasteiger partial charge in [-0.25, -0.2) is 4.39 Å². The average Bonchev–Trinajstić information content (AvgIpc) is 2.63. The number of rotatable bonds is 4. The van der Waals surface area contributed by atoms with Crippen molar-refractivity contribution in [2.24, 2.45) is 0 Å². The Morgan fingerprint density at radius 3 is 2.48 bits per heavy atom. The van der Waals surface area contributed by atoms with Crippen molar-refractivity contribution < 1.29 is 13.9 Å². The minimum atomic E-state index is -0.218. The second-order valence-corrected chi connectivity index (χ2v) is 6.14. The summed E-state index contributed by atoms with van der Waals surface area (Å²) in [6, 6.07) is 12.3. The predicted molar refractivity (Wildman–Crippen MR) is 96.9 cm³/mol. The second kappa shape index (κ2) is 7.55. The highest BCUT2D eigenvalue weighted by Gasteiger charge is 2.23. The topological polar surface area (TPSA) is 32.8 Å². The van der Waals surface area contributed by atoms with Gasteiger partial charge in [0.25, 0.3) is 5.91 Å². The molecule has 4 nitrogen and oxygen atoms in total. The monoisotopic (exact) mass is 342 g/mol. The fourth-order valence-electron chi connectivity index (χ4n) is 3.14. The molecule has 0 atom stereocenters. The summed E-state index contributed by atoms with van der Waals surface area (Å²) in [7, 11) is 0. The summed E-state index contributed by atoms with van der Waals surface area (Å²) in [5.41, 5.74) is 2.23. The number of para-hydroxylation sites is 1. The molecule has 132 valence electrons. The number of carbonyl (C=O) groups is 1. The van der Waals surface area contributed by atoms with E-state index in [-0.39, 0.29) is 11.7 Å². The molecule has 0 spiro atoms. The molecule has 1 aliphatic heterocycles. The SMILES string of the molecule is CCOc1ccc(C(=O)N2CCN(c3ccccc3F)CC2)cc1C. The molecule has 25 heavy (non-hydrogen) atoms. The zero-order valence-electron chi connectivity index (χ0n) is 14.7. The van der Waals surface area contributed by atoms with Gasteiger partial charge in [0, 0.05) is 31.7 Å². The van der Waals surface area contributed by atoms with Crippen LogP contribution in [0.5, 0.6) is 5.75 Å². The smallest absolute Gasteiger partial charge is 0.253 e. The van der Waals surface area contributed by atoms with Gasteiger partial charge >= 0.3 is 0 Å². The lowest BCUT2D eigenvalue weighted by atomic mass is 10.1. The first-order valence-corrected chi connectivity index (χ1v) is 8.62. The molecule has 1 fully saturated rings. The average molecular weight is 342 g/mol. The molecule has 1 aliphatic rings. The Kier molecular flexibility index (Phi) is 5.22. The molecule has 0 saturated carbocycles. The van der Waals surface area contributed by atoms with Gasteiger partial charge in [-0.15, -0.1) is 0 Å². The molecule has 1 saturated heterocycles. The Bertz CT molecular complexity index is 755. The van der Waals surface area contributed by atoms with Gasteiger partial charge in [0.1, 0.15) is 11.6 Å². The van der Waals surface area contributed by atoms with E-state index < -0.39 is 0 Å². The van der Waals surface area contributed by atoms with E-state index in [9.17, 15) is 9.18 Å². The molecule has 0 bridgehead atoms. The zero-order chi connectivity index (χ0) is 17.8. The molecule has 2 aromatic carbocycles. The van der Waals surface area contributed by atoms with E-state index in [1.807, 2.05) is 47.9 Å². The minimum Gasteiger partial charge on any atom is -0.494 e. The van der Waals surface area contributed by atoms with Gasteiger partial charge in [-0.2, -0.15) is 0 Å². The summed E-state index contributed by atoms with van der Waals surface area (Å²) in [5.74, 6) is 0.604. The third-order valence-electron chi connectivity index (χ3n) is 4.48. The number of anilines is 1. The quantitative estimate of drug-likeness (QED) is 0.853. The van der Waals surface area contributed by atoms with Crippen LogP contribution in [0, 0.1) is 12.7 Å². The van der Waals surface area contributed by atoms with Gasteiger partial charge < -0.3 is 14.5 Å². The van der Waals surface area contributed by atoms with Gasteiger partial charge in [0.05, 0.1) is 12.3 Å². The molecule has 0 N–H and O–H groups in total. The second-order valence-electron chi connectivity index (χ2n) is 6.14. The molecule has 5 heteroatoms. The van der Waals surface area contributed by atoms with Crippen LogP contribution in [0.1, 0.15) is 22.8 Å². The lowest BCUT2D eigenvalue weighted by molar-refractivity contribution is 0.0746. The first-order chi connectivity index (χ1) is 12.1. The number of halogens is 1. The third-order valence-corrected chi connectivity index (χ3v) is 4.48. The molecule has 0 aliphatic carbocycles. The van der Waals surface area contributed by atoms with Crippen molar-refractivity contribution in [2.45, 2.75) is 13.8 Å². The zero-order valence-corrected chi connectivity index (χ0v) is 14.7. The van der Waals surface area contributed by atoms with E-state index in [0.29, 0.717) is 44.0 Å². The number of ether oxygens (including phenoxy) is 1. The highest BCUT2D eigenvalue weighted by Crippen LogP contribution is 2.23. The van der Waals surface area contributed by atoms with Crippen molar-refractivity contribution in [2.75, 3.05) is 37.7 Å². The van der Waals surface area contributed by atoms with Crippen molar-refractivity contribution in [3.8, 4) is 5.75 Å². The standard InChI is InChI=1S/C20H23FN2O2/c1-3-25-19-9-8-16(14-15(19)2)20(24)23-12-10-22(11-13-23)18-7-5-4-6-17(18)21/h4-9,14H,3,10-13H2,1-2H3. The van der Waals surface area contributed by atoms with Crippen LogP contribution in [0.25, 0.3) is 0 Å². The number of nitrogens with zero attached hydrogens (tertiary/aromatic N) is 2. The lowest BCUT2D eigenvalue weighted by Crippen LogP contribution is -2.49. The van der Waals surface area contributed by atoms with Crippen molar-refractivity contribution >= 4 is 11.6 Å². The first-order valence-electron chi connectivity index (χ1n) is 8.62. The Balaban J connectivity index is 1.65. The number of hydrogen-bond donors (Lipinski definition) is 0. The highest BCUT2D eigenvalue weighted by molar-refractivity contribution is 5.94. The Morgan fingerprint density at radius 1 is 1.12 bits per heavy atom. The number of amides is 1. The fraction of sp³-hybridized carbons (Fsp3) is 0.350. The molecule has 0 aromatic heterocycles. The first kappa shape index (κ1) is 17.3. The van der Waals surface area contributed by atoms with Crippen molar-refractivity contribution in [1.82, 2.24) is 4.90 Å². The van der Waals surface area contributed by atoms with E-state index in [4.69, 9.17) is 4.74 Å². The highest BCUT2D eigenvalue weighted by atomic mass is 19.1. The third kappa shape index (κ3) is 3.76.